The molecule has 10 N–H and O–H groups in total. The number of hydrogen-bond acceptors (Lipinski definition) is 18. The maximum absolute atomic E-state index is 12.6. The van der Waals surface area contributed by atoms with Crippen molar-refractivity contribution in [3.8, 4) is 0 Å². The monoisotopic (exact) mass is 811 g/mol. The zero-order chi connectivity index (χ0) is 38.8. The van der Waals surface area contributed by atoms with Crippen molar-refractivity contribution < 1.29 is 80.5 Å². The summed E-state index contributed by atoms with van der Waals surface area (Å²) in [6.45, 7) is 2.17. The number of imidazole rings is 1. The third-order valence-corrected chi connectivity index (χ3v) is 9.83. The van der Waals surface area contributed by atoms with Gasteiger partial charge in [0.1, 0.15) is 42.5 Å². The Morgan fingerprint density at radius 2 is 1.75 bits per heavy atom. The van der Waals surface area contributed by atoms with Crippen molar-refractivity contribution in [3.05, 3.63) is 12.7 Å². The van der Waals surface area contributed by atoms with Gasteiger partial charge in [0.05, 0.1) is 19.5 Å². The van der Waals surface area contributed by atoms with Crippen molar-refractivity contribution in [2.45, 2.75) is 57.8 Å². The Labute approximate surface area is 295 Å². The summed E-state index contributed by atoms with van der Waals surface area (Å²) in [5.41, 5.74) is 4.30. The number of anilines is 1. The highest BCUT2D eigenvalue weighted by molar-refractivity contribution is 7.80. The second-order valence-electron chi connectivity index (χ2n) is 11.0. The fourth-order valence-corrected chi connectivity index (χ4v) is 7.08. The molecule has 28 heteroatoms. The molecule has 2 aromatic rings. The van der Waals surface area contributed by atoms with E-state index in [1.165, 1.54) is 20.8 Å². The van der Waals surface area contributed by atoms with Crippen LogP contribution in [0.2, 0.25) is 0 Å². The average molecular weight is 812 g/mol. The van der Waals surface area contributed by atoms with Crippen LogP contribution in [0.5, 0.6) is 0 Å². The Balaban J connectivity index is 0.00000290. The molecule has 0 aromatic carbocycles. The van der Waals surface area contributed by atoms with Gasteiger partial charge in [0.2, 0.25) is 11.8 Å². The number of aromatic nitrogens is 4. The number of phosphoric ester groups is 3. The predicted molar refractivity (Wildman–Crippen MR) is 175 cm³/mol. The molecule has 2 amide bonds. The van der Waals surface area contributed by atoms with Gasteiger partial charge in [0, 0.05) is 30.7 Å². The van der Waals surface area contributed by atoms with Crippen molar-refractivity contribution in [2.24, 2.45) is 5.41 Å². The molecule has 0 aliphatic carbocycles. The van der Waals surface area contributed by atoms with E-state index in [0.717, 1.165) is 23.5 Å². The number of carbonyl (C=O) groups excluding carboxylic acids is 3. The maximum Gasteiger partial charge on any atom is 0.481 e. The number of nitrogen functional groups attached to an aromatic ring is 1. The van der Waals surface area contributed by atoms with Crippen LogP contribution in [0.15, 0.2) is 12.7 Å². The summed E-state index contributed by atoms with van der Waals surface area (Å²) in [5.74, 6) is -0.943. The number of aldehydes is 1. The minimum absolute atomic E-state index is 0.0363. The highest BCUT2D eigenvalue weighted by Gasteiger charge is 2.50. The topological polar surface area (TPSA) is 364 Å². The highest BCUT2D eigenvalue weighted by Crippen LogP contribution is 2.61. The van der Waals surface area contributed by atoms with Gasteiger partial charge in [-0.15, -0.1) is 0 Å². The summed E-state index contributed by atoms with van der Waals surface area (Å²) < 4.78 is 61.7. The van der Waals surface area contributed by atoms with E-state index < -0.39 is 78.6 Å². The molecule has 1 aliphatic rings. The number of nitrogens with one attached hydrogen (secondary N) is 2. The largest absolute Gasteiger partial charge is 0.481 e. The number of nitrogens with zero attached hydrogens (tertiary/aromatic N) is 4. The van der Waals surface area contributed by atoms with E-state index in [1.807, 2.05) is 0 Å². The normalized spacial score (nSPS) is 22.2. The van der Waals surface area contributed by atoms with Crippen molar-refractivity contribution in [3.63, 3.8) is 0 Å². The van der Waals surface area contributed by atoms with Gasteiger partial charge in [0.15, 0.2) is 17.7 Å². The molecule has 0 radical (unpaired) electrons. The van der Waals surface area contributed by atoms with E-state index in [4.69, 9.17) is 24.3 Å². The molecular formula is C23H40N7O17P3S. The zero-order valence-electron chi connectivity index (χ0n) is 27.2. The number of amides is 2. The molecule has 0 saturated carbocycles. The fourth-order valence-electron chi connectivity index (χ4n) is 4.14. The standard InChI is InChI=1S/C21H36N7O16P3S.C2H4O/c1-21(2,16(31)19(32)24-4-3-12(29)23-5-6-48)8-41-47(38,39)44-46(36,37)40-7-11-15(43-45(33,34)35)14(30)20(42-11)28-10-27-13-17(22)25-9-26-18(13)28;1-2-3/h9-11,14-16,20,30-31,48H,3-8H2,1-2H3,(H,23,29)(H,24,32)(H,36,37)(H,38,39)(H2,22,25,26)(H2,33,34,35);2H,1H3/t11-,14-,15-,16+,20-;/m1./s1. The quantitative estimate of drug-likeness (QED) is 0.0467. The molecule has 1 aliphatic heterocycles. The Hall–Kier alpha value is -2.44. The van der Waals surface area contributed by atoms with Crippen LogP contribution < -0.4 is 16.4 Å². The van der Waals surface area contributed by atoms with Crippen molar-refractivity contribution in [1.82, 2.24) is 30.2 Å². The molecule has 3 heterocycles. The van der Waals surface area contributed by atoms with Gasteiger partial charge < -0.3 is 55.7 Å². The lowest BCUT2D eigenvalue weighted by Crippen LogP contribution is -2.46. The number of thiol groups is 1. The summed E-state index contributed by atoms with van der Waals surface area (Å²) in [4.78, 5) is 83.4. The first-order valence-corrected chi connectivity index (χ1v) is 19.6. The fraction of sp³-hybridized carbons (Fsp3) is 0.652. The molecule has 290 valence electrons. The number of ether oxygens (including phenoxy) is 1. The number of aliphatic hydroxyl groups is 2. The molecule has 51 heavy (non-hydrogen) atoms. The van der Waals surface area contributed by atoms with Gasteiger partial charge in [-0.05, 0) is 6.92 Å². The van der Waals surface area contributed by atoms with E-state index >= 15 is 0 Å². The minimum Gasteiger partial charge on any atom is -0.386 e. The van der Waals surface area contributed by atoms with Gasteiger partial charge in [-0.2, -0.15) is 16.9 Å². The number of hydrogen-bond donors (Lipinski definition) is 10. The van der Waals surface area contributed by atoms with E-state index in [-0.39, 0.29) is 35.9 Å². The first-order valence-electron chi connectivity index (χ1n) is 14.5. The number of rotatable bonds is 18. The average Bonchev–Trinajstić information content (AvgIpc) is 3.58. The SMILES string of the molecule is CC(C)(COP(=O)(O)OP(=O)(O)OC[C@H]1O[C@@H](n2cnc3c(N)ncnc32)[C@H](O)[C@@H]1OP(=O)(O)O)[C@@H](O)C(=O)NCCC(=O)NCCS.CC=O. The van der Waals surface area contributed by atoms with E-state index in [1.54, 1.807) is 0 Å². The van der Waals surface area contributed by atoms with Gasteiger partial charge in [-0.1, -0.05) is 13.8 Å². The number of fused-ring (bicyclic) bond motifs is 1. The van der Waals surface area contributed by atoms with Crippen LogP contribution in [0.1, 0.15) is 33.4 Å². The number of nitrogens with two attached hydrogens (primary N) is 1. The summed E-state index contributed by atoms with van der Waals surface area (Å²) in [6.07, 6.45) is -5.99. The van der Waals surface area contributed by atoms with Gasteiger partial charge in [-0.3, -0.25) is 27.7 Å². The molecule has 0 bridgehead atoms. The Morgan fingerprint density at radius 3 is 2.35 bits per heavy atom. The predicted octanol–water partition coefficient (Wildman–Crippen LogP) is -1.46. The minimum atomic E-state index is -5.54. The molecule has 1 saturated heterocycles. The highest BCUT2D eigenvalue weighted by atomic mass is 32.1. The second-order valence-corrected chi connectivity index (χ2v) is 15.7. The first-order chi connectivity index (χ1) is 23.6. The lowest BCUT2D eigenvalue weighted by molar-refractivity contribution is -0.137. The summed E-state index contributed by atoms with van der Waals surface area (Å²) in [5, 5.41) is 26.1. The van der Waals surface area contributed by atoms with Crippen LogP contribution in [0.4, 0.5) is 5.82 Å². The summed E-state index contributed by atoms with van der Waals surface area (Å²) in [7, 11) is -16.3. The van der Waals surface area contributed by atoms with Gasteiger partial charge >= 0.3 is 23.5 Å². The van der Waals surface area contributed by atoms with E-state index in [0.29, 0.717) is 12.3 Å². The third-order valence-electron chi connectivity index (χ3n) is 6.51. The van der Waals surface area contributed by atoms with Crippen molar-refractivity contribution in [2.75, 3.05) is 37.8 Å². The first kappa shape index (κ1) is 44.7. The summed E-state index contributed by atoms with van der Waals surface area (Å²) in [6, 6.07) is 0. The van der Waals surface area contributed by atoms with E-state index in [2.05, 4.69) is 47.0 Å². The number of phosphoric acid groups is 3. The van der Waals surface area contributed by atoms with Crippen molar-refractivity contribution >= 4 is 71.2 Å². The molecular weight excluding hydrogens is 771 g/mol. The van der Waals surface area contributed by atoms with Crippen LogP contribution >= 0.6 is 36.1 Å². The second kappa shape index (κ2) is 19.1. The van der Waals surface area contributed by atoms with Gasteiger partial charge in [0.25, 0.3) is 0 Å². The lowest BCUT2D eigenvalue weighted by Gasteiger charge is -2.30. The number of carbonyl (C=O) groups is 3. The third kappa shape index (κ3) is 13.8. The maximum atomic E-state index is 12.6. The van der Waals surface area contributed by atoms with E-state index in [9.17, 15) is 53.1 Å². The summed E-state index contributed by atoms with van der Waals surface area (Å²) >= 11 is 3.95. The van der Waals surface area contributed by atoms with Crippen molar-refractivity contribution in [1.29, 1.82) is 0 Å². The molecule has 24 nitrogen and oxygen atoms in total. The van der Waals surface area contributed by atoms with Crippen LogP contribution in [0.25, 0.3) is 11.2 Å². The molecule has 2 unspecified atom stereocenters. The smallest absolute Gasteiger partial charge is 0.386 e. The zero-order valence-corrected chi connectivity index (χ0v) is 30.8. The van der Waals surface area contributed by atoms with Crippen LogP contribution in [0.3, 0.4) is 0 Å². The van der Waals surface area contributed by atoms with Crippen LogP contribution in [-0.4, -0.2) is 124 Å². The van der Waals surface area contributed by atoms with Crippen LogP contribution in [-0.2, 0) is 50.7 Å². The Morgan fingerprint density at radius 1 is 1.12 bits per heavy atom. The Kier molecular flexibility index (Phi) is 16.7. The molecule has 7 atom stereocenters. The lowest BCUT2D eigenvalue weighted by atomic mass is 9.87. The Bertz CT molecular complexity index is 1650. The molecule has 0 spiro atoms. The molecule has 3 rings (SSSR count). The molecule has 2 aromatic heterocycles. The number of aliphatic hydroxyl groups excluding tert-OH is 2. The van der Waals surface area contributed by atoms with Crippen LogP contribution in [0, 0.1) is 5.41 Å². The molecule has 1 fully saturated rings. The van der Waals surface area contributed by atoms with Gasteiger partial charge in [-0.25, -0.2) is 28.6 Å².